The minimum Gasteiger partial charge on any atom is -0.481 e. The topological polar surface area (TPSA) is 80.7 Å². The lowest BCUT2D eigenvalue weighted by Gasteiger charge is -2.71. The van der Waals surface area contributed by atoms with Crippen LogP contribution in [0.1, 0.15) is 65.7 Å². The summed E-state index contributed by atoms with van der Waals surface area (Å²) in [7, 11) is 0. The fourth-order valence-corrected chi connectivity index (χ4v) is 10.8. The fraction of sp³-hybridized carbons (Fsp3) is 0.870. The highest BCUT2D eigenvalue weighted by Crippen LogP contribution is 2.88. The Bertz CT molecular complexity index is 835. The largest absolute Gasteiger partial charge is 0.481 e. The van der Waals surface area contributed by atoms with Gasteiger partial charge in [0.25, 0.3) is 0 Å². The molecule has 7 rings (SSSR count). The zero-order valence-corrected chi connectivity index (χ0v) is 17.0. The molecule has 5 heteroatoms. The molecule has 7 fully saturated rings. The molecular weight excluding hydrogens is 356 g/mol. The molecule has 1 N–H and O–H groups in total. The van der Waals surface area contributed by atoms with Crippen molar-refractivity contribution in [2.45, 2.75) is 65.7 Å². The summed E-state index contributed by atoms with van der Waals surface area (Å²) in [6.07, 6.45) is 6.50. The second kappa shape index (κ2) is 4.67. The quantitative estimate of drug-likeness (QED) is 0.549. The Balaban J connectivity index is 1.57. The van der Waals surface area contributed by atoms with Gasteiger partial charge in [0.05, 0.1) is 17.3 Å². The summed E-state index contributed by atoms with van der Waals surface area (Å²) in [4.78, 5) is 37.8. The zero-order valence-electron chi connectivity index (χ0n) is 17.0. The summed E-state index contributed by atoms with van der Waals surface area (Å²) in [5.74, 6) is -0.419. The van der Waals surface area contributed by atoms with Crippen molar-refractivity contribution in [2.75, 3.05) is 0 Å². The SMILES string of the molecule is CC1[C@@H]2CC34CCC5C(C)(C(=O)O)CCCC5(C)C13CC2C1C(=O)OC(=O)C14. The van der Waals surface area contributed by atoms with Gasteiger partial charge in [0, 0.05) is 0 Å². The van der Waals surface area contributed by atoms with Gasteiger partial charge in [-0.15, -0.1) is 0 Å². The third-order valence-corrected chi connectivity index (χ3v) is 11.5. The number of hydrogen-bond acceptors (Lipinski definition) is 4. The average molecular weight is 386 g/mol. The number of aliphatic carboxylic acids is 1. The number of carbonyl (C=O) groups excluding carboxylic acids is 2. The van der Waals surface area contributed by atoms with Crippen LogP contribution in [0.25, 0.3) is 0 Å². The zero-order chi connectivity index (χ0) is 19.9. The van der Waals surface area contributed by atoms with Crippen molar-refractivity contribution in [2.24, 2.45) is 57.2 Å². The van der Waals surface area contributed by atoms with Gasteiger partial charge in [-0.2, -0.15) is 0 Å². The van der Waals surface area contributed by atoms with Gasteiger partial charge in [-0.3, -0.25) is 14.4 Å². The van der Waals surface area contributed by atoms with E-state index in [0.29, 0.717) is 11.8 Å². The van der Waals surface area contributed by atoms with Crippen LogP contribution in [0.5, 0.6) is 0 Å². The first-order valence-corrected chi connectivity index (χ1v) is 11.1. The van der Waals surface area contributed by atoms with Crippen LogP contribution >= 0.6 is 0 Å². The van der Waals surface area contributed by atoms with Crippen LogP contribution in [0.2, 0.25) is 0 Å². The van der Waals surface area contributed by atoms with E-state index in [1.807, 2.05) is 6.92 Å². The van der Waals surface area contributed by atoms with E-state index in [4.69, 9.17) is 4.74 Å². The Hall–Kier alpha value is -1.39. The van der Waals surface area contributed by atoms with Gasteiger partial charge >= 0.3 is 17.9 Å². The number of fused-ring (bicyclic) bond motifs is 1. The number of rotatable bonds is 1. The Morgan fingerprint density at radius 2 is 1.82 bits per heavy atom. The molecule has 152 valence electrons. The fourth-order valence-electron chi connectivity index (χ4n) is 10.8. The number of esters is 2. The second-order valence-corrected chi connectivity index (χ2v) is 11.5. The number of cyclic esters (lactones) is 2. The molecule has 28 heavy (non-hydrogen) atoms. The summed E-state index contributed by atoms with van der Waals surface area (Å²) < 4.78 is 5.21. The lowest BCUT2D eigenvalue weighted by Crippen LogP contribution is -2.68. The molecule has 9 unspecified atom stereocenters. The average Bonchev–Trinajstić information content (AvgIpc) is 3.18. The Morgan fingerprint density at radius 3 is 2.54 bits per heavy atom. The predicted octanol–water partition coefficient (Wildman–Crippen LogP) is 3.66. The highest BCUT2D eigenvalue weighted by molar-refractivity contribution is 5.98. The smallest absolute Gasteiger partial charge is 0.318 e. The van der Waals surface area contributed by atoms with Gasteiger partial charge in [0.2, 0.25) is 0 Å². The number of hydrogen-bond donors (Lipinski definition) is 1. The number of carbonyl (C=O) groups is 3. The maximum Gasteiger partial charge on any atom is 0.318 e. The van der Waals surface area contributed by atoms with E-state index < -0.39 is 11.4 Å². The third kappa shape index (κ3) is 1.41. The molecule has 0 aromatic carbocycles. The molecule has 2 spiro atoms. The molecule has 1 saturated heterocycles. The Morgan fingerprint density at radius 1 is 1.07 bits per heavy atom. The van der Waals surface area contributed by atoms with Crippen LogP contribution in [0.4, 0.5) is 0 Å². The van der Waals surface area contributed by atoms with E-state index in [1.54, 1.807) is 0 Å². The normalized spacial score (nSPS) is 61.0. The van der Waals surface area contributed by atoms with Crippen LogP contribution in [-0.2, 0) is 19.1 Å². The summed E-state index contributed by atoms with van der Waals surface area (Å²) in [6, 6.07) is 0. The van der Waals surface area contributed by atoms with E-state index >= 15 is 0 Å². The first-order chi connectivity index (χ1) is 13.1. The van der Waals surface area contributed by atoms with E-state index in [-0.39, 0.29) is 51.9 Å². The molecule has 0 amide bonds. The first kappa shape index (κ1) is 17.5. The first-order valence-electron chi connectivity index (χ1n) is 11.1. The van der Waals surface area contributed by atoms with Crippen LogP contribution < -0.4 is 0 Å². The van der Waals surface area contributed by atoms with E-state index in [9.17, 15) is 19.5 Å². The minimum atomic E-state index is -0.686. The minimum absolute atomic E-state index is 0.0276. The van der Waals surface area contributed by atoms with Crippen LogP contribution in [0.15, 0.2) is 0 Å². The van der Waals surface area contributed by atoms with Crippen LogP contribution in [-0.4, -0.2) is 23.0 Å². The number of carboxylic acids is 1. The molecular formula is C23H30O5. The van der Waals surface area contributed by atoms with Crippen molar-refractivity contribution >= 4 is 17.9 Å². The standard InChI is InChI=1S/C23H30O5/c1-11-12-9-22-8-5-14-20(2,19(26)27)6-4-7-21(14,3)23(11,22)10-13(12)15-16(22)18(25)28-17(15)24/h11-16H,4-10H2,1-3H3,(H,26,27)/t11?,12-,13?,14?,15?,16?,20?,21?,22?,23?/m0/s1. The summed E-state index contributed by atoms with van der Waals surface area (Å²) in [6.45, 7) is 6.67. The van der Waals surface area contributed by atoms with Crippen LogP contribution in [0.3, 0.4) is 0 Å². The van der Waals surface area contributed by atoms with Crippen molar-refractivity contribution < 1.29 is 24.2 Å². The highest BCUT2D eigenvalue weighted by Gasteiger charge is 2.86. The molecule has 10 atom stereocenters. The monoisotopic (exact) mass is 386 g/mol. The van der Waals surface area contributed by atoms with Gasteiger partial charge in [-0.1, -0.05) is 20.3 Å². The summed E-state index contributed by atoms with van der Waals surface area (Å²) in [5, 5.41) is 10.2. The molecule has 1 heterocycles. The van der Waals surface area contributed by atoms with Crippen molar-refractivity contribution in [3.8, 4) is 0 Å². The lowest BCUT2D eigenvalue weighted by molar-refractivity contribution is -0.248. The molecule has 0 aromatic rings. The molecule has 5 nitrogen and oxygen atoms in total. The van der Waals surface area contributed by atoms with Crippen LogP contribution in [0, 0.1) is 57.2 Å². The molecule has 0 radical (unpaired) electrons. The molecule has 6 saturated carbocycles. The summed E-state index contributed by atoms with van der Waals surface area (Å²) >= 11 is 0. The predicted molar refractivity (Wildman–Crippen MR) is 98.7 cm³/mol. The van der Waals surface area contributed by atoms with Gasteiger partial charge in [-0.05, 0) is 85.4 Å². The Labute approximate surface area is 165 Å². The van der Waals surface area contributed by atoms with Crippen molar-refractivity contribution in [1.29, 1.82) is 0 Å². The summed E-state index contributed by atoms with van der Waals surface area (Å²) in [5.41, 5.74) is -0.965. The third-order valence-electron chi connectivity index (χ3n) is 11.5. The van der Waals surface area contributed by atoms with Crippen molar-refractivity contribution in [3.05, 3.63) is 0 Å². The molecule has 0 aromatic heterocycles. The molecule has 1 aliphatic heterocycles. The lowest BCUT2D eigenvalue weighted by atomic mass is 9.31. The van der Waals surface area contributed by atoms with Crippen molar-refractivity contribution in [1.82, 2.24) is 0 Å². The van der Waals surface area contributed by atoms with E-state index in [2.05, 4.69) is 13.8 Å². The maximum absolute atomic E-state index is 12.9. The highest BCUT2D eigenvalue weighted by atomic mass is 16.6. The molecule has 4 bridgehead atoms. The van der Waals surface area contributed by atoms with Gasteiger partial charge in [-0.25, -0.2) is 0 Å². The van der Waals surface area contributed by atoms with Crippen molar-refractivity contribution in [3.63, 3.8) is 0 Å². The Kier molecular flexibility index (Phi) is 2.92. The maximum atomic E-state index is 12.9. The van der Waals surface area contributed by atoms with E-state index in [0.717, 1.165) is 44.9 Å². The van der Waals surface area contributed by atoms with Gasteiger partial charge < -0.3 is 9.84 Å². The van der Waals surface area contributed by atoms with E-state index in [1.165, 1.54) is 0 Å². The number of ether oxygens (including phenoxy) is 1. The van der Waals surface area contributed by atoms with Gasteiger partial charge in [0.1, 0.15) is 0 Å². The molecule has 6 aliphatic carbocycles. The molecule has 7 aliphatic rings. The second-order valence-electron chi connectivity index (χ2n) is 11.5. The van der Waals surface area contributed by atoms with Gasteiger partial charge in [0.15, 0.2) is 0 Å². The number of carboxylic acid groups (broad SMARTS) is 1.